The Morgan fingerprint density at radius 3 is 2.21 bits per heavy atom. The van der Waals surface area contributed by atoms with Crippen molar-refractivity contribution in [1.29, 1.82) is 0 Å². The molecule has 2 fully saturated rings. The van der Waals surface area contributed by atoms with Crippen LogP contribution in [0.25, 0.3) is 0 Å². The summed E-state index contributed by atoms with van der Waals surface area (Å²) in [4.78, 5) is 15.1. The molecule has 24 heavy (non-hydrogen) atoms. The van der Waals surface area contributed by atoms with E-state index in [-0.39, 0.29) is 23.2 Å². The SMILES string of the molecule is O=C(N(Cc1ccccc1F)C1Cc2ccccc2C1)C12CC1C2. The van der Waals surface area contributed by atoms with Crippen LogP contribution in [-0.4, -0.2) is 16.8 Å². The maximum Gasteiger partial charge on any atom is 0.229 e. The highest BCUT2D eigenvalue weighted by Crippen LogP contribution is 2.76. The minimum Gasteiger partial charge on any atom is -0.334 e. The summed E-state index contributed by atoms with van der Waals surface area (Å²) in [6.07, 6.45) is 3.85. The van der Waals surface area contributed by atoms with Gasteiger partial charge in [0.1, 0.15) is 5.82 Å². The number of halogens is 1. The number of rotatable bonds is 4. The number of amides is 1. The van der Waals surface area contributed by atoms with Crippen LogP contribution < -0.4 is 0 Å². The average Bonchev–Trinajstić information content (AvgIpc) is 3.41. The minimum absolute atomic E-state index is 0.0694. The second kappa shape index (κ2) is 4.92. The number of carbonyl (C=O) groups is 1. The Kier molecular flexibility index (Phi) is 2.91. The molecule has 5 rings (SSSR count). The van der Waals surface area contributed by atoms with Gasteiger partial charge in [0.05, 0.1) is 5.41 Å². The summed E-state index contributed by atoms with van der Waals surface area (Å²) in [6.45, 7) is 0.388. The normalized spacial score (nSPS) is 26.6. The van der Waals surface area contributed by atoms with E-state index < -0.39 is 0 Å². The summed E-state index contributed by atoms with van der Waals surface area (Å²) < 4.78 is 14.1. The number of hydrogen-bond acceptors (Lipinski definition) is 1. The van der Waals surface area contributed by atoms with Gasteiger partial charge in [-0.2, -0.15) is 0 Å². The Labute approximate surface area is 141 Å². The molecular weight excluding hydrogens is 301 g/mol. The van der Waals surface area contributed by atoms with Gasteiger partial charge in [0.25, 0.3) is 0 Å². The van der Waals surface area contributed by atoms with E-state index in [9.17, 15) is 9.18 Å². The van der Waals surface area contributed by atoms with Crippen molar-refractivity contribution in [3.05, 3.63) is 71.0 Å². The summed E-state index contributed by atoms with van der Waals surface area (Å²) in [6, 6.07) is 15.4. The van der Waals surface area contributed by atoms with Gasteiger partial charge in [-0.15, -0.1) is 0 Å². The molecule has 0 saturated heterocycles. The molecule has 0 spiro atoms. The summed E-state index contributed by atoms with van der Waals surface area (Å²) >= 11 is 0. The van der Waals surface area contributed by atoms with Crippen molar-refractivity contribution < 1.29 is 9.18 Å². The topological polar surface area (TPSA) is 20.3 Å². The molecule has 2 aromatic carbocycles. The molecule has 2 aromatic rings. The average molecular weight is 321 g/mol. The van der Waals surface area contributed by atoms with E-state index in [0.717, 1.165) is 25.7 Å². The first kappa shape index (κ1) is 14.2. The molecule has 122 valence electrons. The van der Waals surface area contributed by atoms with Gasteiger partial charge in [-0.25, -0.2) is 4.39 Å². The van der Waals surface area contributed by atoms with Crippen molar-refractivity contribution in [3.63, 3.8) is 0 Å². The van der Waals surface area contributed by atoms with Gasteiger partial charge in [0.15, 0.2) is 0 Å². The van der Waals surface area contributed by atoms with Crippen molar-refractivity contribution in [3.8, 4) is 0 Å². The van der Waals surface area contributed by atoms with Gasteiger partial charge in [-0.1, -0.05) is 42.5 Å². The monoisotopic (exact) mass is 321 g/mol. The third-order valence-electron chi connectivity index (χ3n) is 6.14. The number of carbonyl (C=O) groups excluding carboxylic acids is 1. The molecule has 0 bridgehead atoms. The van der Waals surface area contributed by atoms with E-state index in [1.807, 2.05) is 11.0 Å². The highest BCUT2D eigenvalue weighted by molar-refractivity contribution is 5.90. The third-order valence-corrected chi connectivity index (χ3v) is 6.14. The highest BCUT2D eigenvalue weighted by atomic mass is 19.1. The number of hydrogen-bond donors (Lipinski definition) is 0. The van der Waals surface area contributed by atoms with E-state index in [1.54, 1.807) is 12.1 Å². The fourth-order valence-electron chi connectivity index (χ4n) is 4.27. The Morgan fingerprint density at radius 1 is 1.04 bits per heavy atom. The molecule has 0 unspecified atom stereocenters. The zero-order chi connectivity index (χ0) is 16.3. The highest BCUT2D eigenvalue weighted by Gasteiger charge is 2.75. The first-order chi connectivity index (χ1) is 11.7. The van der Waals surface area contributed by atoms with E-state index in [2.05, 4.69) is 24.3 Å². The quantitative estimate of drug-likeness (QED) is 0.840. The van der Waals surface area contributed by atoms with Gasteiger partial charge in [-0.3, -0.25) is 4.79 Å². The minimum atomic E-state index is -0.216. The fourth-order valence-corrected chi connectivity index (χ4v) is 4.27. The molecule has 0 aliphatic heterocycles. The lowest BCUT2D eigenvalue weighted by molar-refractivity contribution is -0.137. The van der Waals surface area contributed by atoms with E-state index in [0.29, 0.717) is 18.0 Å². The predicted molar refractivity (Wildman–Crippen MR) is 89.7 cm³/mol. The maximum absolute atomic E-state index is 14.1. The summed E-state index contributed by atoms with van der Waals surface area (Å²) in [5, 5.41) is 0. The molecule has 2 nitrogen and oxygen atoms in total. The van der Waals surface area contributed by atoms with E-state index >= 15 is 0 Å². The molecule has 3 aliphatic carbocycles. The summed E-state index contributed by atoms with van der Waals surface area (Å²) in [5.41, 5.74) is 3.21. The molecule has 0 radical (unpaired) electrons. The lowest BCUT2D eigenvalue weighted by Crippen LogP contribution is -2.42. The first-order valence-electron chi connectivity index (χ1n) is 8.79. The number of benzene rings is 2. The smallest absolute Gasteiger partial charge is 0.229 e. The standard InChI is InChI=1S/C21H20FNO/c22-19-8-4-3-7-16(19)13-23(20(24)21-11-17(21)12-21)18-9-14-5-1-2-6-15(14)10-18/h1-8,17-18H,9-13H2. The van der Waals surface area contributed by atoms with Gasteiger partial charge in [0.2, 0.25) is 5.91 Å². The second-order valence-corrected chi connectivity index (χ2v) is 7.62. The molecular formula is C21H20FNO. The summed E-state index contributed by atoms with van der Waals surface area (Å²) in [5.74, 6) is 0.650. The molecule has 0 atom stereocenters. The molecule has 0 N–H and O–H groups in total. The number of nitrogens with zero attached hydrogens (tertiary/aromatic N) is 1. The van der Waals surface area contributed by atoms with Crippen LogP contribution in [0.5, 0.6) is 0 Å². The van der Waals surface area contributed by atoms with Crippen molar-refractivity contribution in [2.24, 2.45) is 11.3 Å². The van der Waals surface area contributed by atoms with Gasteiger partial charge in [0, 0.05) is 18.2 Å². The van der Waals surface area contributed by atoms with Crippen molar-refractivity contribution in [1.82, 2.24) is 4.90 Å². The van der Waals surface area contributed by atoms with E-state index in [1.165, 1.54) is 17.2 Å². The van der Waals surface area contributed by atoms with Crippen molar-refractivity contribution in [2.45, 2.75) is 38.3 Å². The Hall–Kier alpha value is -2.16. The van der Waals surface area contributed by atoms with Crippen LogP contribution in [0.4, 0.5) is 4.39 Å². The first-order valence-corrected chi connectivity index (χ1v) is 8.79. The van der Waals surface area contributed by atoms with Crippen LogP contribution in [0.3, 0.4) is 0 Å². The zero-order valence-electron chi connectivity index (χ0n) is 13.5. The molecule has 3 heteroatoms. The van der Waals surface area contributed by atoms with Crippen LogP contribution in [0.15, 0.2) is 48.5 Å². The van der Waals surface area contributed by atoms with Gasteiger partial charge >= 0.3 is 0 Å². The molecule has 0 heterocycles. The van der Waals surface area contributed by atoms with Gasteiger partial charge in [-0.05, 0) is 48.8 Å². The fraction of sp³-hybridized carbons (Fsp3) is 0.381. The van der Waals surface area contributed by atoms with Crippen molar-refractivity contribution >= 4 is 5.91 Å². The largest absolute Gasteiger partial charge is 0.334 e. The molecule has 1 amide bonds. The van der Waals surface area contributed by atoms with Crippen molar-refractivity contribution in [2.75, 3.05) is 0 Å². The van der Waals surface area contributed by atoms with Gasteiger partial charge < -0.3 is 4.90 Å². The second-order valence-electron chi connectivity index (χ2n) is 7.62. The third kappa shape index (κ3) is 2.10. The lowest BCUT2D eigenvalue weighted by Gasteiger charge is -2.30. The lowest BCUT2D eigenvalue weighted by atomic mass is 10.1. The van der Waals surface area contributed by atoms with Crippen LogP contribution in [0, 0.1) is 17.2 Å². The Morgan fingerprint density at radius 2 is 1.62 bits per heavy atom. The predicted octanol–water partition coefficient (Wildman–Crippen LogP) is 3.73. The molecule has 3 aliphatic rings. The summed E-state index contributed by atoms with van der Waals surface area (Å²) in [7, 11) is 0. The zero-order valence-corrected chi connectivity index (χ0v) is 13.5. The molecule has 2 saturated carbocycles. The van der Waals surface area contributed by atoms with Crippen LogP contribution in [0.2, 0.25) is 0 Å². The van der Waals surface area contributed by atoms with Crippen LogP contribution in [-0.2, 0) is 24.2 Å². The Bertz CT molecular complexity index is 799. The van der Waals surface area contributed by atoms with Crippen LogP contribution >= 0.6 is 0 Å². The Balaban J connectivity index is 1.44. The molecule has 0 aromatic heterocycles. The van der Waals surface area contributed by atoms with Crippen LogP contribution in [0.1, 0.15) is 29.5 Å². The number of fused-ring (bicyclic) bond motifs is 2. The van der Waals surface area contributed by atoms with E-state index in [4.69, 9.17) is 0 Å². The maximum atomic E-state index is 14.1.